The quantitative estimate of drug-likeness (QED) is 0.852. The number of nitrogens with zero attached hydrogens (tertiary/aromatic N) is 1. The highest BCUT2D eigenvalue weighted by Gasteiger charge is 2.35. The van der Waals surface area contributed by atoms with Crippen molar-refractivity contribution in [3.8, 4) is 0 Å². The van der Waals surface area contributed by atoms with E-state index in [0.717, 1.165) is 39.3 Å². The number of rotatable bonds is 6. The van der Waals surface area contributed by atoms with Crippen molar-refractivity contribution in [2.75, 3.05) is 44.8 Å². The molecule has 1 N–H and O–H groups in total. The van der Waals surface area contributed by atoms with Gasteiger partial charge in [-0.05, 0) is 31.5 Å². The summed E-state index contributed by atoms with van der Waals surface area (Å²) < 4.78 is 5.66. The van der Waals surface area contributed by atoms with Crippen molar-refractivity contribution in [3.05, 3.63) is 29.8 Å². The van der Waals surface area contributed by atoms with Crippen LogP contribution in [-0.2, 0) is 4.74 Å². The summed E-state index contributed by atoms with van der Waals surface area (Å²) in [5.74, 6) is 0. The number of ether oxygens (including phenoxy) is 1. The Morgan fingerprint density at radius 1 is 1.37 bits per heavy atom. The Morgan fingerprint density at radius 2 is 2.16 bits per heavy atom. The van der Waals surface area contributed by atoms with Gasteiger partial charge in [0.1, 0.15) is 0 Å². The molecule has 19 heavy (non-hydrogen) atoms. The van der Waals surface area contributed by atoms with Crippen LogP contribution in [0.1, 0.15) is 18.9 Å². The zero-order chi connectivity index (χ0) is 13.7. The average Bonchev–Trinajstić information content (AvgIpc) is 2.86. The molecule has 0 saturated carbocycles. The van der Waals surface area contributed by atoms with Gasteiger partial charge in [0.15, 0.2) is 0 Å². The Balaban J connectivity index is 2.07. The summed E-state index contributed by atoms with van der Waals surface area (Å²) >= 11 is 0. The first-order chi connectivity index (χ1) is 9.17. The minimum Gasteiger partial charge on any atom is -0.381 e. The number of aryl methyl sites for hydroxylation is 1. The Hall–Kier alpha value is -1.06. The molecule has 0 aromatic heterocycles. The van der Waals surface area contributed by atoms with Gasteiger partial charge in [-0.15, -0.1) is 0 Å². The minimum atomic E-state index is 0.257. The second-order valence-corrected chi connectivity index (χ2v) is 5.73. The Morgan fingerprint density at radius 3 is 2.79 bits per heavy atom. The molecule has 1 fully saturated rings. The van der Waals surface area contributed by atoms with Crippen LogP contribution in [0.15, 0.2) is 24.3 Å². The predicted octanol–water partition coefficient (Wildman–Crippen LogP) is 2.45. The molecule has 106 valence electrons. The number of anilines is 1. The molecule has 1 heterocycles. The summed E-state index contributed by atoms with van der Waals surface area (Å²) in [6.45, 7) is 9.21. The van der Waals surface area contributed by atoms with E-state index < -0.39 is 0 Å². The molecule has 0 aliphatic carbocycles. The van der Waals surface area contributed by atoms with E-state index in [2.05, 4.69) is 55.4 Å². The SMILES string of the molecule is CCNCC1(CN(C)c2ccccc2C)CCOC1. The van der Waals surface area contributed by atoms with Crippen LogP contribution < -0.4 is 10.2 Å². The normalized spacial score (nSPS) is 22.7. The van der Waals surface area contributed by atoms with Gasteiger partial charge in [0.25, 0.3) is 0 Å². The van der Waals surface area contributed by atoms with Gasteiger partial charge in [-0.2, -0.15) is 0 Å². The van der Waals surface area contributed by atoms with Crippen molar-refractivity contribution in [2.24, 2.45) is 5.41 Å². The van der Waals surface area contributed by atoms with Crippen molar-refractivity contribution in [3.63, 3.8) is 0 Å². The molecule has 1 atom stereocenters. The fraction of sp³-hybridized carbons (Fsp3) is 0.625. The number of para-hydroxylation sites is 1. The molecule has 1 aliphatic heterocycles. The highest BCUT2D eigenvalue weighted by molar-refractivity contribution is 5.52. The maximum atomic E-state index is 5.66. The third-order valence-electron chi connectivity index (χ3n) is 4.03. The fourth-order valence-electron chi connectivity index (χ4n) is 2.94. The van der Waals surface area contributed by atoms with Gasteiger partial charge in [-0.25, -0.2) is 0 Å². The smallest absolute Gasteiger partial charge is 0.0552 e. The van der Waals surface area contributed by atoms with E-state index in [0.29, 0.717) is 0 Å². The largest absolute Gasteiger partial charge is 0.381 e. The molecular weight excluding hydrogens is 236 g/mol. The lowest BCUT2D eigenvalue weighted by Gasteiger charge is -2.34. The van der Waals surface area contributed by atoms with Gasteiger partial charge in [0, 0.05) is 37.8 Å². The van der Waals surface area contributed by atoms with Crippen molar-refractivity contribution in [1.82, 2.24) is 5.32 Å². The number of hydrogen-bond donors (Lipinski definition) is 1. The van der Waals surface area contributed by atoms with Gasteiger partial charge in [0.05, 0.1) is 6.61 Å². The zero-order valence-electron chi connectivity index (χ0n) is 12.4. The fourth-order valence-corrected chi connectivity index (χ4v) is 2.94. The van der Waals surface area contributed by atoms with Gasteiger partial charge in [0.2, 0.25) is 0 Å². The van der Waals surface area contributed by atoms with Crippen LogP contribution in [0.5, 0.6) is 0 Å². The van der Waals surface area contributed by atoms with Crippen molar-refractivity contribution < 1.29 is 4.74 Å². The van der Waals surface area contributed by atoms with E-state index >= 15 is 0 Å². The number of nitrogens with one attached hydrogen (secondary N) is 1. The number of hydrogen-bond acceptors (Lipinski definition) is 3. The van der Waals surface area contributed by atoms with Crippen molar-refractivity contribution in [2.45, 2.75) is 20.3 Å². The van der Waals surface area contributed by atoms with Gasteiger partial charge in [-0.1, -0.05) is 25.1 Å². The molecule has 3 nitrogen and oxygen atoms in total. The summed E-state index contributed by atoms with van der Waals surface area (Å²) in [7, 11) is 2.19. The molecule has 1 unspecified atom stereocenters. The predicted molar refractivity (Wildman–Crippen MR) is 80.9 cm³/mol. The summed E-state index contributed by atoms with van der Waals surface area (Å²) in [6.07, 6.45) is 1.15. The lowest BCUT2D eigenvalue weighted by molar-refractivity contribution is 0.153. The Bertz CT molecular complexity index is 399. The molecule has 2 rings (SSSR count). The number of benzene rings is 1. The van der Waals surface area contributed by atoms with Gasteiger partial charge < -0.3 is 15.0 Å². The van der Waals surface area contributed by atoms with Crippen LogP contribution in [0.4, 0.5) is 5.69 Å². The first-order valence-electron chi connectivity index (χ1n) is 7.22. The van der Waals surface area contributed by atoms with E-state index in [9.17, 15) is 0 Å². The maximum absolute atomic E-state index is 5.66. The van der Waals surface area contributed by atoms with E-state index in [1.54, 1.807) is 0 Å². The average molecular weight is 262 g/mol. The summed E-state index contributed by atoms with van der Waals surface area (Å²) in [5.41, 5.74) is 2.92. The molecule has 0 radical (unpaired) electrons. The molecule has 1 aromatic carbocycles. The second kappa shape index (κ2) is 6.40. The third-order valence-corrected chi connectivity index (χ3v) is 4.03. The summed E-state index contributed by atoms with van der Waals surface area (Å²) in [5, 5.41) is 3.50. The standard InChI is InChI=1S/C16H26N2O/c1-4-17-11-16(9-10-19-13-16)12-18(3)15-8-6-5-7-14(15)2/h5-8,17H,4,9-13H2,1-3H3. The van der Waals surface area contributed by atoms with E-state index in [4.69, 9.17) is 4.74 Å². The van der Waals surface area contributed by atoms with Gasteiger partial charge >= 0.3 is 0 Å². The zero-order valence-corrected chi connectivity index (χ0v) is 12.4. The van der Waals surface area contributed by atoms with Crippen LogP contribution in [0.3, 0.4) is 0 Å². The minimum absolute atomic E-state index is 0.257. The van der Waals surface area contributed by atoms with Crippen molar-refractivity contribution >= 4 is 5.69 Å². The maximum Gasteiger partial charge on any atom is 0.0552 e. The molecule has 0 amide bonds. The van der Waals surface area contributed by atoms with E-state index in [-0.39, 0.29) is 5.41 Å². The summed E-state index contributed by atoms with van der Waals surface area (Å²) in [4.78, 5) is 2.38. The summed E-state index contributed by atoms with van der Waals surface area (Å²) in [6, 6.07) is 8.58. The lowest BCUT2D eigenvalue weighted by atomic mass is 9.86. The third kappa shape index (κ3) is 3.48. The van der Waals surface area contributed by atoms with Crippen LogP contribution >= 0.6 is 0 Å². The van der Waals surface area contributed by atoms with Crippen molar-refractivity contribution in [1.29, 1.82) is 0 Å². The van der Waals surface area contributed by atoms with E-state index in [1.165, 1.54) is 11.3 Å². The second-order valence-electron chi connectivity index (χ2n) is 5.73. The topological polar surface area (TPSA) is 24.5 Å². The van der Waals surface area contributed by atoms with Crippen LogP contribution in [0.25, 0.3) is 0 Å². The highest BCUT2D eigenvalue weighted by Crippen LogP contribution is 2.31. The molecule has 0 bridgehead atoms. The first kappa shape index (κ1) is 14.4. The van der Waals surface area contributed by atoms with Gasteiger partial charge in [-0.3, -0.25) is 0 Å². The Kier molecular flexibility index (Phi) is 4.83. The molecule has 1 aliphatic rings. The highest BCUT2D eigenvalue weighted by atomic mass is 16.5. The van der Waals surface area contributed by atoms with Crippen LogP contribution in [0, 0.1) is 12.3 Å². The van der Waals surface area contributed by atoms with Crippen LogP contribution in [0.2, 0.25) is 0 Å². The molecular formula is C16H26N2O. The first-order valence-corrected chi connectivity index (χ1v) is 7.22. The lowest BCUT2D eigenvalue weighted by Crippen LogP contribution is -2.43. The molecule has 0 spiro atoms. The van der Waals surface area contributed by atoms with Crippen LogP contribution in [-0.4, -0.2) is 39.9 Å². The monoisotopic (exact) mass is 262 g/mol. The van der Waals surface area contributed by atoms with E-state index in [1.807, 2.05) is 0 Å². The molecule has 3 heteroatoms. The Labute approximate surface area is 116 Å². The molecule has 1 saturated heterocycles. The molecule has 1 aromatic rings.